The Morgan fingerprint density at radius 1 is 1.10 bits per heavy atom. The number of carbonyl (C=O) groups is 2. The molecule has 5 heteroatoms. The van der Waals surface area contributed by atoms with E-state index in [4.69, 9.17) is 0 Å². The SMILES string of the molecule is O=C(c1ccccc1)[C@]1(C(=O)C(F)(F)F)C[C@@H]2C=C[C@H]1C2. The number of fused-ring (bicyclic) bond motifs is 2. The molecule has 21 heavy (non-hydrogen) atoms. The molecule has 2 aliphatic rings. The lowest BCUT2D eigenvalue weighted by atomic mass is 9.67. The van der Waals surface area contributed by atoms with Crippen molar-refractivity contribution in [2.24, 2.45) is 17.3 Å². The van der Waals surface area contributed by atoms with Crippen molar-refractivity contribution in [3.63, 3.8) is 0 Å². The first-order valence-electron chi connectivity index (χ1n) is 6.75. The van der Waals surface area contributed by atoms with Crippen LogP contribution >= 0.6 is 0 Å². The van der Waals surface area contributed by atoms with Gasteiger partial charge in [0, 0.05) is 5.56 Å². The molecular formula is C16H13F3O2. The summed E-state index contributed by atoms with van der Waals surface area (Å²) >= 11 is 0. The molecule has 0 aromatic heterocycles. The van der Waals surface area contributed by atoms with Crippen LogP contribution in [0.15, 0.2) is 42.5 Å². The quantitative estimate of drug-likeness (QED) is 0.485. The van der Waals surface area contributed by atoms with Crippen LogP contribution in [0.5, 0.6) is 0 Å². The number of ketones is 2. The van der Waals surface area contributed by atoms with Crippen molar-refractivity contribution in [3.05, 3.63) is 48.0 Å². The maximum absolute atomic E-state index is 13.0. The van der Waals surface area contributed by atoms with Crippen molar-refractivity contribution >= 4 is 11.6 Å². The summed E-state index contributed by atoms with van der Waals surface area (Å²) in [6.07, 6.45) is -1.19. The van der Waals surface area contributed by atoms with Gasteiger partial charge in [0.1, 0.15) is 5.41 Å². The predicted octanol–water partition coefficient (Wildman–Crippen LogP) is 3.58. The third-order valence-corrected chi connectivity index (χ3v) is 4.49. The maximum Gasteiger partial charge on any atom is 0.451 e. The molecular weight excluding hydrogens is 281 g/mol. The van der Waals surface area contributed by atoms with Crippen LogP contribution < -0.4 is 0 Å². The van der Waals surface area contributed by atoms with Gasteiger partial charge in [0.15, 0.2) is 5.78 Å². The Labute approximate surface area is 119 Å². The van der Waals surface area contributed by atoms with E-state index in [9.17, 15) is 22.8 Å². The van der Waals surface area contributed by atoms with Crippen LogP contribution in [0.4, 0.5) is 13.2 Å². The van der Waals surface area contributed by atoms with Gasteiger partial charge in [-0.2, -0.15) is 13.2 Å². The van der Waals surface area contributed by atoms with Crippen LogP contribution in [0.25, 0.3) is 0 Å². The second-order valence-electron chi connectivity index (χ2n) is 5.68. The van der Waals surface area contributed by atoms with Crippen molar-refractivity contribution in [3.8, 4) is 0 Å². The van der Waals surface area contributed by atoms with Gasteiger partial charge >= 0.3 is 6.18 Å². The molecule has 110 valence electrons. The Kier molecular flexibility index (Phi) is 3.04. The van der Waals surface area contributed by atoms with Gasteiger partial charge in [0.05, 0.1) is 0 Å². The van der Waals surface area contributed by atoms with Gasteiger partial charge in [-0.15, -0.1) is 0 Å². The highest BCUT2D eigenvalue weighted by atomic mass is 19.4. The summed E-state index contributed by atoms with van der Waals surface area (Å²) in [5, 5.41) is 0. The molecule has 0 heterocycles. The fraction of sp³-hybridized carbons (Fsp3) is 0.375. The van der Waals surface area contributed by atoms with Gasteiger partial charge in [-0.1, -0.05) is 42.5 Å². The minimum absolute atomic E-state index is 0.0414. The van der Waals surface area contributed by atoms with E-state index in [2.05, 4.69) is 0 Å². The summed E-state index contributed by atoms with van der Waals surface area (Å²) in [6.45, 7) is 0. The van der Waals surface area contributed by atoms with E-state index in [1.165, 1.54) is 12.1 Å². The molecule has 1 fully saturated rings. The first-order chi connectivity index (χ1) is 9.85. The van der Waals surface area contributed by atoms with E-state index in [0.29, 0.717) is 6.42 Å². The molecule has 0 unspecified atom stereocenters. The summed E-state index contributed by atoms with van der Waals surface area (Å²) in [5.74, 6) is -3.37. The van der Waals surface area contributed by atoms with Gasteiger partial charge in [-0.25, -0.2) is 0 Å². The number of benzene rings is 1. The molecule has 3 atom stereocenters. The van der Waals surface area contributed by atoms with E-state index in [1.54, 1.807) is 24.3 Å². The van der Waals surface area contributed by atoms with Gasteiger partial charge < -0.3 is 0 Å². The molecule has 0 aliphatic heterocycles. The lowest BCUT2D eigenvalue weighted by Crippen LogP contribution is -2.49. The second kappa shape index (κ2) is 4.55. The number of alkyl halides is 3. The summed E-state index contributed by atoms with van der Waals surface area (Å²) in [7, 11) is 0. The molecule has 0 N–H and O–H groups in total. The number of allylic oxidation sites excluding steroid dienone is 2. The largest absolute Gasteiger partial charge is 0.451 e. The van der Waals surface area contributed by atoms with Crippen molar-refractivity contribution in [2.75, 3.05) is 0 Å². The lowest BCUT2D eigenvalue weighted by molar-refractivity contribution is -0.180. The van der Waals surface area contributed by atoms with Crippen LogP contribution in [0, 0.1) is 17.3 Å². The molecule has 0 radical (unpaired) electrons. The minimum atomic E-state index is -5.00. The fourth-order valence-electron chi connectivity index (χ4n) is 3.58. The Morgan fingerprint density at radius 2 is 1.76 bits per heavy atom. The summed E-state index contributed by atoms with van der Waals surface area (Å²) < 4.78 is 39.1. The molecule has 1 saturated carbocycles. The third kappa shape index (κ3) is 2.03. The van der Waals surface area contributed by atoms with Crippen LogP contribution in [0.1, 0.15) is 23.2 Å². The first kappa shape index (κ1) is 14.0. The van der Waals surface area contributed by atoms with Crippen molar-refractivity contribution in [2.45, 2.75) is 19.0 Å². The number of halogens is 3. The standard InChI is InChI=1S/C16H13F3O2/c17-16(18,19)14(21)15(9-10-6-7-12(15)8-10)13(20)11-4-2-1-3-5-11/h1-7,10,12H,8-9H2/t10-,12+,15+/m1/s1. The summed E-state index contributed by atoms with van der Waals surface area (Å²) in [4.78, 5) is 24.7. The zero-order valence-electron chi connectivity index (χ0n) is 11.1. The van der Waals surface area contributed by atoms with E-state index in [0.717, 1.165) is 0 Å². The van der Waals surface area contributed by atoms with Crippen molar-refractivity contribution < 1.29 is 22.8 Å². The summed E-state index contributed by atoms with van der Waals surface area (Å²) in [5.41, 5.74) is -1.81. The zero-order chi connectivity index (χ0) is 15.3. The van der Waals surface area contributed by atoms with E-state index < -0.39 is 29.1 Å². The molecule has 1 aromatic rings. The molecule has 3 rings (SSSR count). The highest BCUT2D eigenvalue weighted by Gasteiger charge is 2.64. The Hall–Kier alpha value is -1.91. The van der Waals surface area contributed by atoms with Crippen LogP contribution in [0.3, 0.4) is 0 Å². The highest BCUT2D eigenvalue weighted by molar-refractivity contribution is 6.17. The van der Waals surface area contributed by atoms with Gasteiger partial charge in [-0.3, -0.25) is 9.59 Å². The van der Waals surface area contributed by atoms with Crippen LogP contribution in [-0.2, 0) is 4.79 Å². The minimum Gasteiger partial charge on any atom is -0.293 e. The molecule has 2 nitrogen and oxygen atoms in total. The first-order valence-corrected chi connectivity index (χ1v) is 6.75. The number of Topliss-reactive ketones (excluding diaryl/α,β-unsaturated/α-hetero) is 2. The Morgan fingerprint density at radius 3 is 2.24 bits per heavy atom. The Balaban J connectivity index is 2.09. The van der Waals surface area contributed by atoms with Crippen molar-refractivity contribution in [1.82, 2.24) is 0 Å². The molecule has 0 saturated heterocycles. The molecule has 2 bridgehead atoms. The zero-order valence-corrected chi connectivity index (χ0v) is 11.1. The van der Waals surface area contributed by atoms with Gasteiger partial charge in [0.25, 0.3) is 5.78 Å². The number of hydrogen-bond acceptors (Lipinski definition) is 2. The third-order valence-electron chi connectivity index (χ3n) is 4.49. The van der Waals surface area contributed by atoms with E-state index in [-0.39, 0.29) is 17.9 Å². The number of hydrogen-bond donors (Lipinski definition) is 0. The topological polar surface area (TPSA) is 34.1 Å². The Bertz CT molecular complexity index is 618. The average molecular weight is 294 g/mol. The highest BCUT2D eigenvalue weighted by Crippen LogP contribution is 2.56. The monoisotopic (exact) mass is 294 g/mol. The average Bonchev–Trinajstić information content (AvgIpc) is 3.06. The maximum atomic E-state index is 13.0. The van der Waals surface area contributed by atoms with Crippen LogP contribution in [0.2, 0.25) is 0 Å². The molecule has 1 aromatic carbocycles. The fourth-order valence-corrected chi connectivity index (χ4v) is 3.58. The van der Waals surface area contributed by atoms with Gasteiger partial charge in [0.2, 0.25) is 0 Å². The molecule has 2 aliphatic carbocycles. The number of rotatable bonds is 3. The van der Waals surface area contributed by atoms with E-state index in [1.807, 2.05) is 6.08 Å². The predicted molar refractivity (Wildman–Crippen MR) is 69.6 cm³/mol. The van der Waals surface area contributed by atoms with Crippen LogP contribution in [-0.4, -0.2) is 17.7 Å². The smallest absolute Gasteiger partial charge is 0.293 e. The van der Waals surface area contributed by atoms with Gasteiger partial charge in [-0.05, 0) is 24.7 Å². The van der Waals surface area contributed by atoms with E-state index >= 15 is 0 Å². The van der Waals surface area contributed by atoms with Crippen molar-refractivity contribution in [1.29, 1.82) is 0 Å². The molecule has 0 spiro atoms. The summed E-state index contributed by atoms with van der Waals surface area (Å²) in [6, 6.07) is 7.77. The second-order valence-corrected chi connectivity index (χ2v) is 5.68. The molecule has 0 amide bonds. The lowest BCUT2D eigenvalue weighted by Gasteiger charge is -2.33. The number of carbonyl (C=O) groups excluding carboxylic acids is 2. The normalized spacial score (nSPS) is 30.6.